The smallest absolute Gasteiger partial charge is 0.0657 e. The van der Waals surface area contributed by atoms with E-state index < -0.39 is 0 Å². The lowest BCUT2D eigenvalue weighted by Gasteiger charge is -2.23. The summed E-state index contributed by atoms with van der Waals surface area (Å²) in [5, 5.41) is 3.52. The second kappa shape index (κ2) is 8.23. The van der Waals surface area contributed by atoms with Crippen LogP contribution in [0.15, 0.2) is 30.3 Å². The van der Waals surface area contributed by atoms with Gasteiger partial charge in [0.1, 0.15) is 0 Å². The molecule has 0 aliphatic carbocycles. The predicted molar refractivity (Wildman–Crippen MR) is 70.1 cm³/mol. The van der Waals surface area contributed by atoms with Crippen LogP contribution in [0.5, 0.6) is 0 Å². The molecule has 3 heteroatoms. The Morgan fingerprint density at radius 2 is 1.88 bits per heavy atom. The summed E-state index contributed by atoms with van der Waals surface area (Å²) in [6, 6.07) is 10.9. The summed E-state index contributed by atoms with van der Waals surface area (Å²) in [6.45, 7) is 6.29. The summed E-state index contributed by atoms with van der Waals surface area (Å²) in [5.74, 6) is 0. The maximum atomic E-state index is 5.41. The minimum atomic E-state index is 0.219. The Bertz CT molecular complexity index is 290. The fourth-order valence-corrected chi connectivity index (χ4v) is 1.78. The lowest BCUT2D eigenvalue weighted by atomic mass is 10.1. The molecule has 1 rings (SSSR count). The summed E-state index contributed by atoms with van der Waals surface area (Å²) >= 11 is 0. The number of rotatable bonds is 8. The molecular weight excluding hydrogens is 214 g/mol. The molecule has 0 fully saturated rings. The first-order valence-electron chi connectivity index (χ1n) is 6.15. The van der Waals surface area contributed by atoms with Crippen molar-refractivity contribution in [2.45, 2.75) is 25.9 Å². The lowest BCUT2D eigenvalue weighted by molar-refractivity contribution is 0.110. The van der Waals surface area contributed by atoms with E-state index in [1.54, 1.807) is 7.11 Å². The van der Waals surface area contributed by atoms with Gasteiger partial charge in [-0.2, -0.15) is 0 Å². The fraction of sp³-hybridized carbons (Fsp3) is 0.571. The van der Waals surface area contributed by atoms with E-state index in [9.17, 15) is 0 Å². The molecule has 0 saturated carbocycles. The molecule has 0 bridgehead atoms. The van der Waals surface area contributed by atoms with Crippen LogP contribution in [-0.2, 0) is 9.47 Å². The van der Waals surface area contributed by atoms with Crippen LogP contribution in [0.3, 0.4) is 0 Å². The molecular formula is C14H23NO2. The van der Waals surface area contributed by atoms with Gasteiger partial charge in [0.25, 0.3) is 0 Å². The molecule has 17 heavy (non-hydrogen) atoms. The third-order valence-electron chi connectivity index (χ3n) is 2.59. The molecule has 1 N–H and O–H groups in total. The zero-order valence-electron chi connectivity index (χ0n) is 11.0. The minimum Gasteiger partial charge on any atom is -0.383 e. The highest BCUT2D eigenvalue weighted by Gasteiger charge is 2.13. The van der Waals surface area contributed by atoms with Crippen molar-refractivity contribution in [3.8, 4) is 0 Å². The van der Waals surface area contributed by atoms with Crippen molar-refractivity contribution in [1.82, 2.24) is 5.32 Å². The predicted octanol–water partition coefficient (Wildman–Crippen LogP) is 2.39. The highest BCUT2D eigenvalue weighted by atomic mass is 16.5. The molecule has 1 aromatic rings. The van der Waals surface area contributed by atoms with Gasteiger partial charge in [-0.25, -0.2) is 0 Å². The molecule has 2 atom stereocenters. The van der Waals surface area contributed by atoms with Crippen LogP contribution in [0.1, 0.15) is 25.5 Å². The third-order valence-corrected chi connectivity index (χ3v) is 2.59. The first-order chi connectivity index (χ1) is 8.27. The number of hydrogen-bond acceptors (Lipinski definition) is 3. The molecule has 0 spiro atoms. The molecule has 0 radical (unpaired) electrons. The molecule has 0 aliphatic rings. The molecule has 2 unspecified atom stereocenters. The fourth-order valence-electron chi connectivity index (χ4n) is 1.78. The van der Waals surface area contributed by atoms with Crippen LogP contribution < -0.4 is 5.32 Å². The molecule has 96 valence electrons. The first kappa shape index (κ1) is 14.2. The molecule has 0 aliphatic heterocycles. The van der Waals surface area contributed by atoms with Gasteiger partial charge in [0.2, 0.25) is 0 Å². The number of methoxy groups -OCH3 is 1. The Morgan fingerprint density at radius 3 is 2.47 bits per heavy atom. The van der Waals surface area contributed by atoms with Crippen molar-refractivity contribution < 1.29 is 9.47 Å². The summed E-state index contributed by atoms with van der Waals surface area (Å²) in [6.07, 6.45) is 0. The van der Waals surface area contributed by atoms with E-state index in [1.807, 2.05) is 25.1 Å². The third kappa shape index (κ3) is 5.31. The summed E-state index contributed by atoms with van der Waals surface area (Å²) < 4.78 is 10.7. The molecule has 0 heterocycles. The first-order valence-corrected chi connectivity index (χ1v) is 6.15. The van der Waals surface area contributed by atoms with Crippen LogP contribution in [0.2, 0.25) is 0 Å². The Morgan fingerprint density at radius 1 is 1.18 bits per heavy atom. The van der Waals surface area contributed by atoms with Crippen molar-refractivity contribution in [3.63, 3.8) is 0 Å². The van der Waals surface area contributed by atoms with Crippen molar-refractivity contribution in [1.29, 1.82) is 0 Å². The zero-order chi connectivity index (χ0) is 12.5. The molecule has 1 aromatic carbocycles. The van der Waals surface area contributed by atoms with Gasteiger partial charge in [-0.05, 0) is 19.4 Å². The standard InChI is InChI=1S/C14H23NO2/c1-4-17-10-12(2)15-14(11-16-3)13-8-6-5-7-9-13/h5-9,12,14-15H,4,10-11H2,1-3H3. The summed E-state index contributed by atoms with van der Waals surface area (Å²) in [5.41, 5.74) is 1.25. The number of benzene rings is 1. The van der Waals surface area contributed by atoms with Gasteiger partial charge in [0.05, 0.1) is 19.3 Å². The van der Waals surface area contributed by atoms with Gasteiger partial charge in [-0.1, -0.05) is 30.3 Å². The second-order valence-corrected chi connectivity index (χ2v) is 4.15. The van der Waals surface area contributed by atoms with E-state index >= 15 is 0 Å². The van der Waals surface area contributed by atoms with E-state index in [2.05, 4.69) is 24.4 Å². The molecule has 0 amide bonds. The summed E-state index contributed by atoms with van der Waals surface area (Å²) in [4.78, 5) is 0. The van der Waals surface area contributed by atoms with Crippen LogP contribution in [0, 0.1) is 0 Å². The number of ether oxygens (including phenoxy) is 2. The van der Waals surface area contributed by atoms with Gasteiger partial charge < -0.3 is 14.8 Å². The largest absolute Gasteiger partial charge is 0.383 e. The Labute approximate surface area is 104 Å². The Hall–Kier alpha value is -0.900. The van der Waals surface area contributed by atoms with Crippen LogP contribution in [-0.4, -0.2) is 33.0 Å². The maximum absolute atomic E-state index is 5.41. The van der Waals surface area contributed by atoms with Gasteiger partial charge in [-0.15, -0.1) is 0 Å². The van der Waals surface area contributed by atoms with Crippen molar-refractivity contribution in [2.24, 2.45) is 0 Å². The summed E-state index contributed by atoms with van der Waals surface area (Å²) in [7, 11) is 1.73. The average Bonchev–Trinajstić information content (AvgIpc) is 2.37. The van der Waals surface area contributed by atoms with Gasteiger partial charge in [-0.3, -0.25) is 0 Å². The van der Waals surface area contributed by atoms with Crippen LogP contribution >= 0.6 is 0 Å². The van der Waals surface area contributed by atoms with E-state index in [-0.39, 0.29) is 6.04 Å². The van der Waals surface area contributed by atoms with E-state index in [4.69, 9.17) is 9.47 Å². The minimum absolute atomic E-state index is 0.219. The highest BCUT2D eigenvalue weighted by Crippen LogP contribution is 2.13. The van der Waals surface area contributed by atoms with E-state index in [0.29, 0.717) is 12.6 Å². The second-order valence-electron chi connectivity index (χ2n) is 4.15. The van der Waals surface area contributed by atoms with E-state index in [0.717, 1.165) is 13.2 Å². The molecule has 0 saturated heterocycles. The van der Waals surface area contributed by atoms with Gasteiger partial charge in [0.15, 0.2) is 0 Å². The number of hydrogen-bond donors (Lipinski definition) is 1. The Kier molecular flexibility index (Phi) is 6.86. The van der Waals surface area contributed by atoms with Gasteiger partial charge >= 0.3 is 0 Å². The quantitative estimate of drug-likeness (QED) is 0.753. The maximum Gasteiger partial charge on any atom is 0.0657 e. The lowest BCUT2D eigenvalue weighted by Crippen LogP contribution is -2.36. The van der Waals surface area contributed by atoms with Crippen molar-refractivity contribution in [2.75, 3.05) is 26.9 Å². The van der Waals surface area contributed by atoms with Gasteiger partial charge in [0, 0.05) is 19.8 Å². The van der Waals surface area contributed by atoms with Crippen LogP contribution in [0.25, 0.3) is 0 Å². The normalized spacial score (nSPS) is 14.5. The monoisotopic (exact) mass is 237 g/mol. The molecule has 3 nitrogen and oxygen atoms in total. The zero-order valence-corrected chi connectivity index (χ0v) is 11.0. The van der Waals surface area contributed by atoms with Crippen LogP contribution in [0.4, 0.5) is 0 Å². The molecule has 0 aromatic heterocycles. The average molecular weight is 237 g/mol. The highest BCUT2D eigenvalue weighted by molar-refractivity contribution is 5.19. The SMILES string of the molecule is CCOCC(C)NC(COC)c1ccccc1. The van der Waals surface area contributed by atoms with Crippen molar-refractivity contribution >= 4 is 0 Å². The Balaban J connectivity index is 2.54. The topological polar surface area (TPSA) is 30.5 Å². The van der Waals surface area contributed by atoms with Crippen molar-refractivity contribution in [3.05, 3.63) is 35.9 Å². The van der Waals surface area contributed by atoms with E-state index in [1.165, 1.54) is 5.56 Å². The number of nitrogens with one attached hydrogen (secondary N) is 1.